The molecule has 0 heterocycles. The zero-order chi connectivity index (χ0) is 6.24. The van der Waals surface area contributed by atoms with E-state index in [1.165, 1.54) is 32.1 Å². The second kappa shape index (κ2) is 11.6. The molecule has 0 saturated carbocycles. The van der Waals surface area contributed by atoms with Gasteiger partial charge in [0.05, 0.1) is 0 Å². The molecule has 1 heteroatoms. The third kappa shape index (κ3) is 12.1. The van der Waals surface area contributed by atoms with Crippen LogP contribution >= 0.6 is 0 Å². The molecule has 0 aliphatic carbocycles. The molecule has 0 N–H and O–H groups in total. The Balaban J connectivity index is 0. The molecule has 0 aromatic rings. The van der Waals surface area contributed by atoms with Gasteiger partial charge in [-0.3, -0.25) is 0 Å². The SMILES string of the molecule is [CH2-]CCCCCCC.[Sc]. The Bertz CT molecular complexity index is 29.5. The fraction of sp³-hybridized carbons (Fsp3) is 0.875. The predicted molar refractivity (Wildman–Crippen MR) is 38.7 cm³/mol. The quantitative estimate of drug-likeness (QED) is 0.426. The van der Waals surface area contributed by atoms with E-state index in [9.17, 15) is 0 Å². The molecule has 0 aliphatic rings. The van der Waals surface area contributed by atoms with Crippen molar-refractivity contribution >= 4 is 0 Å². The summed E-state index contributed by atoms with van der Waals surface area (Å²) in [6.07, 6.45) is 7.98. The molecule has 0 unspecified atom stereocenters. The van der Waals surface area contributed by atoms with Gasteiger partial charge in [0.15, 0.2) is 0 Å². The summed E-state index contributed by atoms with van der Waals surface area (Å²) in [5.41, 5.74) is 0. The van der Waals surface area contributed by atoms with Crippen molar-refractivity contribution in [2.45, 2.75) is 45.4 Å². The van der Waals surface area contributed by atoms with Crippen LogP contribution in [0, 0.1) is 6.92 Å². The van der Waals surface area contributed by atoms with Gasteiger partial charge in [-0.1, -0.05) is 39.0 Å². The Morgan fingerprint density at radius 1 is 1.00 bits per heavy atom. The largest absolute Gasteiger partial charge is 0.343 e. The summed E-state index contributed by atoms with van der Waals surface area (Å²) >= 11 is 0. The van der Waals surface area contributed by atoms with Crippen LogP contribution in [0.15, 0.2) is 0 Å². The smallest absolute Gasteiger partial charge is 0 e. The summed E-state index contributed by atoms with van der Waals surface area (Å²) in [5.74, 6) is 0. The van der Waals surface area contributed by atoms with Gasteiger partial charge in [-0.25, -0.2) is 0 Å². The van der Waals surface area contributed by atoms with E-state index in [4.69, 9.17) is 0 Å². The molecule has 0 amide bonds. The Morgan fingerprint density at radius 3 is 2.00 bits per heavy atom. The van der Waals surface area contributed by atoms with Crippen LogP contribution in [0.2, 0.25) is 0 Å². The standard InChI is InChI=1S/C8H17.Sc/c1-3-5-7-8-6-4-2;/h1,3-8H2,2H3;/q-1;. The fourth-order valence-electron chi connectivity index (χ4n) is 0.780. The van der Waals surface area contributed by atoms with Crippen LogP contribution in [0.5, 0.6) is 0 Å². The average Bonchev–Trinajstić information content (AvgIpc) is 1.81. The van der Waals surface area contributed by atoms with Crippen molar-refractivity contribution in [1.29, 1.82) is 0 Å². The van der Waals surface area contributed by atoms with Crippen LogP contribution in [-0.4, -0.2) is 0 Å². The Labute approximate surface area is 78.2 Å². The molecule has 0 aromatic carbocycles. The van der Waals surface area contributed by atoms with Gasteiger partial charge < -0.3 is 6.92 Å². The third-order valence-electron chi connectivity index (χ3n) is 1.35. The molecule has 0 nitrogen and oxygen atoms in total. The fourth-order valence-corrected chi connectivity index (χ4v) is 0.780. The second-order valence-electron chi connectivity index (χ2n) is 2.27. The van der Waals surface area contributed by atoms with Crippen LogP contribution in [0.25, 0.3) is 0 Å². The van der Waals surface area contributed by atoms with Gasteiger partial charge in [-0.2, -0.15) is 6.42 Å². The maximum Gasteiger partial charge on any atom is 0 e. The maximum absolute atomic E-state index is 3.78. The molecule has 0 spiro atoms. The van der Waals surface area contributed by atoms with Gasteiger partial charge in [-0.05, 0) is 0 Å². The van der Waals surface area contributed by atoms with E-state index in [1.807, 2.05) is 0 Å². The van der Waals surface area contributed by atoms with Crippen molar-refractivity contribution in [3.05, 3.63) is 6.92 Å². The third-order valence-corrected chi connectivity index (χ3v) is 1.35. The first-order valence-electron chi connectivity index (χ1n) is 3.71. The molecule has 0 bridgehead atoms. The van der Waals surface area contributed by atoms with Gasteiger partial charge >= 0.3 is 0 Å². The topological polar surface area (TPSA) is 0 Å². The summed E-state index contributed by atoms with van der Waals surface area (Å²) < 4.78 is 0. The van der Waals surface area contributed by atoms with E-state index < -0.39 is 0 Å². The summed E-state index contributed by atoms with van der Waals surface area (Å²) in [6.45, 7) is 6.02. The van der Waals surface area contributed by atoms with Crippen LogP contribution in [0.1, 0.15) is 45.4 Å². The second-order valence-corrected chi connectivity index (χ2v) is 2.27. The molecule has 0 fully saturated rings. The van der Waals surface area contributed by atoms with Gasteiger partial charge in [0.1, 0.15) is 0 Å². The molecule has 0 aromatic heterocycles. The number of rotatable bonds is 5. The minimum absolute atomic E-state index is 0. The first-order valence-corrected chi connectivity index (χ1v) is 3.71. The van der Waals surface area contributed by atoms with Crippen LogP contribution < -0.4 is 0 Å². The van der Waals surface area contributed by atoms with Crippen LogP contribution in [0.4, 0.5) is 0 Å². The molecule has 0 rings (SSSR count). The molecule has 0 aliphatic heterocycles. The maximum atomic E-state index is 3.78. The normalized spacial score (nSPS) is 8.67. The Hall–Kier alpha value is 0.870. The monoisotopic (exact) mass is 158 g/mol. The minimum Gasteiger partial charge on any atom is -0.343 e. The number of hydrogen-bond acceptors (Lipinski definition) is 0. The first kappa shape index (κ1) is 12.5. The average molecular weight is 158 g/mol. The van der Waals surface area contributed by atoms with E-state index in [0.29, 0.717) is 0 Å². The molecule has 53 valence electrons. The summed E-state index contributed by atoms with van der Waals surface area (Å²) in [5, 5.41) is 0. The first-order chi connectivity index (χ1) is 3.91. The van der Waals surface area contributed by atoms with Gasteiger partial charge in [-0.15, -0.1) is 0 Å². The van der Waals surface area contributed by atoms with Crippen LogP contribution in [-0.2, 0) is 25.8 Å². The Morgan fingerprint density at radius 2 is 1.56 bits per heavy atom. The summed E-state index contributed by atoms with van der Waals surface area (Å²) in [7, 11) is 0. The summed E-state index contributed by atoms with van der Waals surface area (Å²) in [4.78, 5) is 0. The summed E-state index contributed by atoms with van der Waals surface area (Å²) in [6, 6.07) is 0. The zero-order valence-corrected chi connectivity index (χ0v) is 8.33. The molecule has 0 saturated heterocycles. The van der Waals surface area contributed by atoms with Crippen molar-refractivity contribution < 1.29 is 25.8 Å². The molecular weight excluding hydrogens is 141 g/mol. The molecule has 0 atom stereocenters. The van der Waals surface area contributed by atoms with Crippen LogP contribution in [0.3, 0.4) is 0 Å². The van der Waals surface area contributed by atoms with E-state index >= 15 is 0 Å². The van der Waals surface area contributed by atoms with E-state index in [0.717, 1.165) is 6.42 Å². The van der Waals surface area contributed by atoms with E-state index in [1.54, 1.807) is 0 Å². The molecular formula is C8H17Sc-. The van der Waals surface area contributed by atoms with Gasteiger partial charge in [0.25, 0.3) is 0 Å². The number of unbranched alkanes of at least 4 members (excludes halogenated alkanes) is 5. The molecule has 9 heavy (non-hydrogen) atoms. The van der Waals surface area contributed by atoms with E-state index in [-0.39, 0.29) is 25.8 Å². The zero-order valence-electron chi connectivity index (χ0n) is 6.53. The van der Waals surface area contributed by atoms with Crippen molar-refractivity contribution in [3.63, 3.8) is 0 Å². The molecule has 1 radical (unpaired) electrons. The Kier molecular flexibility index (Phi) is 16.2. The van der Waals surface area contributed by atoms with Crippen molar-refractivity contribution in [1.82, 2.24) is 0 Å². The minimum atomic E-state index is 0. The predicted octanol–water partition coefficient (Wildman–Crippen LogP) is 3.18. The van der Waals surface area contributed by atoms with Crippen molar-refractivity contribution in [2.75, 3.05) is 0 Å². The van der Waals surface area contributed by atoms with Gasteiger partial charge in [0, 0.05) is 25.8 Å². The van der Waals surface area contributed by atoms with E-state index in [2.05, 4.69) is 13.8 Å². The van der Waals surface area contributed by atoms with Crippen molar-refractivity contribution in [3.8, 4) is 0 Å². The number of hydrogen-bond donors (Lipinski definition) is 0. The van der Waals surface area contributed by atoms with Gasteiger partial charge in [0.2, 0.25) is 0 Å². The van der Waals surface area contributed by atoms with Crippen molar-refractivity contribution in [2.24, 2.45) is 0 Å².